The van der Waals surface area contributed by atoms with E-state index < -0.39 is 5.97 Å². The lowest BCUT2D eigenvalue weighted by Crippen LogP contribution is -2.13. The minimum Gasteiger partial charge on any atom is -0.489 e. The number of hydrogen-bond acceptors (Lipinski definition) is 5. The van der Waals surface area contributed by atoms with Crippen molar-refractivity contribution in [3.05, 3.63) is 54.7 Å². The molecule has 0 aliphatic heterocycles. The van der Waals surface area contributed by atoms with Gasteiger partial charge in [-0.2, -0.15) is 0 Å². The first kappa shape index (κ1) is 26.2. The lowest BCUT2D eigenvalue weighted by Gasteiger charge is -2.19. The standard InChI is InChI=1S/C22H28O5.C2H6/c1-6-10-11-12-20(24)27-22-16(5)18(25-13-7-2)15-19(26-14-8-3)21(22)17(23)9-4;1-2/h7-8,11-12,15H,2-3,6,9-10,13-14H2,1,4-5H3;1-2H3/b12-11+;. The fourth-order valence-corrected chi connectivity index (χ4v) is 2.32. The molecule has 5 nitrogen and oxygen atoms in total. The molecular weight excluding hydrogens is 368 g/mol. The van der Waals surface area contributed by atoms with E-state index in [-0.39, 0.29) is 36.7 Å². The number of ketones is 1. The predicted molar refractivity (Wildman–Crippen MR) is 118 cm³/mol. The highest BCUT2D eigenvalue weighted by atomic mass is 16.5. The van der Waals surface area contributed by atoms with Gasteiger partial charge in [0.25, 0.3) is 0 Å². The molecule has 1 aromatic rings. The summed E-state index contributed by atoms with van der Waals surface area (Å²) >= 11 is 0. The summed E-state index contributed by atoms with van der Waals surface area (Å²) in [5, 5.41) is 0. The van der Waals surface area contributed by atoms with E-state index in [2.05, 4.69) is 13.2 Å². The summed E-state index contributed by atoms with van der Waals surface area (Å²) in [7, 11) is 0. The molecule has 1 rings (SSSR count). The first-order valence-electron chi connectivity index (χ1n) is 10.1. The van der Waals surface area contributed by atoms with E-state index in [1.54, 1.807) is 38.1 Å². The number of carbonyl (C=O) groups excluding carboxylic acids is 2. The third-order valence-corrected chi connectivity index (χ3v) is 3.67. The van der Waals surface area contributed by atoms with E-state index in [4.69, 9.17) is 14.2 Å². The second kappa shape index (κ2) is 15.1. The van der Waals surface area contributed by atoms with Crippen LogP contribution in [0.25, 0.3) is 0 Å². The molecule has 5 heteroatoms. The van der Waals surface area contributed by atoms with Gasteiger partial charge in [0.15, 0.2) is 11.5 Å². The molecule has 0 aliphatic rings. The summed E-state index contributed by atoms with van der Waals surface area (Å²) in [4.78, 5) is 24.8. The van der Waals surface area contributed by atoms with Crippen LogP contribution in [0.3, 0.4) is 0 Å². The number of ether oxygens (including phenoxy) is 3. The first-order chi connectivity index (χ1) is 14.0. The summed E-state index contributed by atoms with van der Waals surface area (Å²) in [6, 6.07) is 1.63. The molecule has 160 valence electrons. The minimum atomic E-state index is -0.549. The van der Waals surface area contributed by atoms with Crippen molar-refractivity contribution in [2.75, 3.05) is 13.2 Å². The van der Waals surface area contributed by atoms with E-state index in [9.17, 15) is 9.59 Å². The van der Waals surface area contributed by atoms with Crippen molar-refractivity contribution in [1.82, 2.24) is 0 Å². The van der Waals surface area contributed by atoms with E-state index in [1.807, 2.05) is 20.8 Å². The number of Topliss-reactive ketones (excluding diaryl/α,β-unsaturated/α-hetero) is 1. The monoisotopic (exact) mass is 402 g/mol. The van der Waals surface area contributed by atoms with Crippen LogP contribution in [0.2, 0.25) is 0 Å². The number of rotatable bonds is 12. The van der Waals surface area contributed by atoms with Crippen LogP contribution in [0, 0.1) is 6.92 Å². The molecule has 0 radical (unpaired) electrons. The van der Waals surface area contributed by atoms with Gasteiger partial charge in [0.2, 0.25) is 0 Å². The zero-order valence-electron chi connectivity index (χ0n) is 18.4. The van der Waals surface area contributed by atoms with Crippen LogP contribution in [0.5, 0.6) is 17.2 Å². The van der Waals surface area contributed by atoms with Crippen LogP contribution in [0.1, 0.15) is 62.9 Å². The maximum absolute atomic E-state index is 12.6. The molecule has 0 atom stereocenters. The van der Waals surface area contributed by atoms with Crippen LogP contribution in [0.4, 0.5) is 0 Å². The van der Waals surface area contributed by atoms with E-state index >= 15 is 0 Å². The smallest absolute Gasteiger partial charge is 0.335 e. The van der Waals surface area contributed by atoms with Crippen molar-refractivity contribution < 1.29 is 23.8 Å². The van der Waals surface area contributed by atoms with Gasteiger partial charge in [-0.1, -0.05) is 65.5 Å². The van der Waals surface area contributed by atoms with Gasteiger partial charge >= 0.3 is 5.97 Å². The Morgan fingerprint density at radius 1 is 1.03 bits per heavy atom. The molecule has 0 N–H and O–H groups in total. The van der Waals surface area contributed by atoms with Gasteiger partial charge in [-0.15, -0.1) is 0 Å². The van der Waals surface area contributed by atoms with Crippen molar-refractivity contribution >= 4 is 11.8 Å². The van der Waals surface area contributed by atoms with Crippen molar-refractivity contribution in [1.29, 1.82) is 0 Å². The second-order valence-electron chi connectivity index (χ2n) is 5.79. The molecule has 0 spiro atoms. The zero-order chi connectivity index (χ0) is 22.2. The van der Waals surface area contributed by atoms with Gasteiger partial charge in [-0.3, -0.25) is 4.79 Å². The summed E-state index contributed by atoms with van der Waals surface area (Å²) < 4.78 is 16.8. The molecule has 0 heterocycles. The fourth-order valence-electron chi connectivity index (χ4n) is 2.32. The molecule has 0 aromatic heterocycles. The van der Waals surface area contributed by atoms with Crippen LogP contribution < -0.4 is 14.2 Å². The number of carbonyl (C=O) groups is 2. The minimum absolute atomic E-state index is 0.161. The number of benzene rings is 1. The highest BCUT2D eigenvalue weighted by Gasteiger charge is 2.25. The molecule has 0 amide bonds. The van der Waals surface area contributed by atoms with Crippen molar-refractivity contribution in [2.45, 2.75) is 53.9 Å². The molecule has 1 aromatic carbocycles. The van der Waals surface area contributed by atoms with Gasteiger partial charge in [0.1, 0.15) is 30.3 Å². The van der Waals surface area contributed by atoms with E-state index in [0.29, 0.717) is 17.1 Å². The molecular formula is C24H34O5. The maximum Gasteiger partial charge on any atom is 0.335 e. The maximum atomic E-state index is 12.6. The molecule has 0 aliphatic carbocycles. The van der Waals surface area contributed by atoms with E-state index in [0.717, 1.165) is 12.8 Å². The Kier molecular flexibility index (Phi) is 13.7. The zero-order valence-corrected chi connectivity index (χ0v) is 18.4. The molecule has 0 saturated carbocycles. The second-order valence-corrected chi connectivity index (χ2v) is 5.79. The Bertz CT molecular complexity index is 716. The van der Waals surface area contributed by atoms with Gasteiger partial charge in [0.05, 0.1) is 0 Å². The Balaban J connectivity index is 0.00000379. The summed E-state index contributed by atoms with van der Waals surface area (Å²) in [6.45, 7) is 17.2. The molecule has 29 heavy (non-hydrogen) atoms. The number of allylic oxidation sites excluding steroid dienone is 1. The fraction of sp³-hybridized carbons (Fsp3) is 0.417. The van der Waals surface area contributed by atoms with Crippen molar-refractivity contribution in [3.8, 4) is 17.2 Å². The third kappa shape index (κ3) is 8.38. The topological polar surface area (TPSA) is 61.8 Å². The van der Waals surface area contributed by atoms with Gasteiger partial charge < -0.3 is 14.2 Å². The van der Waals surface area contributed by atoms with Crippen LogP contribution >= 0.6 is 0 Å². The summed E-state index contributed by atoms with van der Waals surface area (Å²) in [5.74, 6) is 0.183. The lowest BCUT2D eigenvalue weighted by atomic mass is 10.0. The van der Waals surface area contributed by atoms with Crippen LogP contribution in [0.15, 0.2) is 43.5 Å². The SMILES string of the molecule is C=CCOc1cc(OCC=C)c(C(=O)CC)c(OC(=O)/C=C/CCC)c1C.CC. The van der Waals surface area contributed by atoms with Crippen LogP contribution in [-0.2, 0) is 4.79 Å². The normalized spacial score (nSPS) is 9.97. The van der Waals surface area contributed by atoms with Gasteiger partial charge in [-0.05, 0) is 13.3 Å². The molecule has 0 saturated heterocycles. The average molecular weight is 403 g/mol. The largest absolute Gasteiger partial charge is 0.489 e. The predicted octanol–water partition coefficient (Wildman–Crippen LogP) is 6.01. The quantitative estimate of drug-likeness (QED) is 0.141. The number of unbranched alkanes of at least 4 members (excludes halogenated alkanes) is 1. The Labute approximate surface area is 175 Å². The van der Waals surface area contributed by atoms with Gasteiger partial charge in [-0.25, -0.2) is 4.79 Å². The summed E-state index contributed by atoms with van der Waals surface area (Å²) in [5.41, 5.74) is 0.789. The highest BCUT2D eigenvalue weighted by Crippen LogP contribution is 2.40. The van der Waals surface area contributed by atoms with E-state index in [1.165, 1.54) is 6.08 Å². The molecule has 0 bridgehead atoms. The lowest BCUT2D eigenvalue weighted by molar-refractivity contribution is -0.129. The average Bonchev–Trinajstić information content (AvgIpc) is 2.74. The number of esters is 1. The summed E-state index contributed by atoms with van der Waals surface area (Å²) in [6.07, 6.45) is 8.22. The van der Waals surface area contributed by atoms with Crippen molar-refractivity contribution in [2.24, 2.45) is 0 Å². The first-order valence-corrected chi connectivity index (χ1v) is 10.1. The van der Waals surface area contributed by atoms with Crippen molar-refractivity contribution in [3.63, 3.8) is 0 Å². The number of hydrogen-bond donors (Lipinski definition) is 0. The Morgan fingerprint density at radius 2 is 1.62 bits per heavy atom. The van der Waals surface area contributed by atoms with Crippen LogP contribution in [-0.4, -0.2) is 25.0 Å². The molecule has 0 unspecified atom stereocenters. The van der Waals surface area contributed by atoms with Gasteiger partial charge in [0, 0.05) is 24.1 Å². The molecule has 0 fully saturated rings. The Morgan fingerprint density at radius 3 is 2.14 bits per heavy atom. The highest BCUT2D eigenvalue weighted by molar-refractivity contribution is 6.03. The Hall–Kier alpha value is -2.82. The third-order valence-electron chi connectivity index (χ3n) is 3.67.